The highest BCUT2D eigenvalue weighted by molar-refractivity contribution is 5.88. The zero-order valence-corrected chi connectivity index (χ0v) is 19.0. The minimum Gasteiger partial charge on any atom is -0.345 e. The maximum Gasteiger partial charge on any atom is 0.247 e. The molecule has 0 saturated heterocycles. The van der Waals surface area contributed by atoms with Crippen molar-refractivity contribution in [1.29, 1.82) is 0 Å². The SMILES string of the molecule is C=C(N/N=C/C(C)(C)c1ccccc1)NC(=O)[C@H](C)NC(=O)CCc1ccccc1CN. The molecule has 170 valence electrons. The Bertz CT molecular complexity index is 954. The highest BCUT2D eigenvalue weighted by atomic mass is 16.2. The van der Waals surface area contributed by atoms with Crippen molar-refractivity contribution < 1.29 is 9.59 Å². The molecule has 32 heavy (non-hydrogen) atoms. The van der Waals surface area contributed by atoms with Gasteiger partial charge in [-0.2, -0.15) is 5.10 Å². The topological polar surface area (TPSA) is 109 Å². The fraction of sp³-hybridized carbons (Fsp3) is 0.320. The van der Waals surface area contributed by atoms with E-state index in [1.165, 1.54) is 0 Å². The second-order valence-corrected chi connectivity index (χ2v) is 8.19. The van der Waals surface area contributed by atoms with Crippen LogP contribution in [0.3, 0.4) is 0 Å². The van der Waals surface area contributed by atoms with Crippen molar-refractivity contribution in [2.75, 3.05) is 0 Å². The summed E-state index contributed by atoms with van der Waals surface area (Å²) in [5, 5.41) is 9.50. The lowest BCUT2D eigenvalue weighted by Crippen LogP contribution is -2.45. The number of carbonyl (C=O) groups excluding carboxylic acids is 2. The first-order valence-electron chi connectivity index (χ1n) is 10.6. The first-order chi connectivity index (χ1) is 15.2. The molecule has 0 spiro atoms. The van der Waals surface area contributed by atoms with E-state index < -0.39 is 6.04 Å². The van der Waals surface area contributed by atoms with Crippen molar-refractivity contribution in [3.05, 3.63) is 83.7 Å². The number of carbonyl (C=O) groups is 2. The molecule has 0 aliphatic rings. The van der Waals surface area contributed by atoms with Crippen LogP contribution >= 0.6 is 0 Å². The van der Waals surface area contributed by atoms with Crippen LogP contribution in [-0.4, -0.2) is 24.1 Å². The lowest BCUT2D eigenvalue weighted by Gasteiger charge is -2.20. The Kier molecular flexibility index (Phi) is 9.16. The van der Waals surface area contributed by atoms with Crippen molar-refractivity contribution in [3.8, 4) is 0 Å². The van der Waals surface area contributed by atoms with E-state index in [2.05, 4.69) is 27.7 Å². The summed E-state index contributed by atoms with van der Waals surface area (Å²) < 4.78 is 0. The second-order valence-electron chi connectivity index (χ2n) is 8.19. The summed E-state index contributed by atoms with van der Waals surface area (Å²) in [5.74, 6) is -0.357. The molecule has 0 radical (unpaired) electrons. The molecule has 2 amide bonds. The number of nitrogens with one attached hydrogen (secondary N) is 3. The zero-order valence-electron chi connectivity index (χ0n) is 19.0. The van der Waals surface area contributed by atoms with Crippen LogP contribution in [0, 0.1) is 0 Å². The summed E-state index contributed by atoms with van der Waals surface area (Å²) in [4.78, 5) is 24.6. The predicted octanol–water partition coefficient (Wildman–Crippen LogP) is 2.72. The number of hydrogen-bond acceptors (Lipinski definition) is 5. The minimum absolute atomic E-state index is 0.208. The number of aryl methyl sites for hydroxylation is 1. The van der Waals surface area contributed by atoms with Crippen molar-refractivity contribution in [2.24, 2.45) is 10.8 Å². The van der Waals surface area contributed by atoms with Gasteiger partial charge in [-0.05, 0) is 30.0 Å². The Hall–Kier alpha value is -3.45. The fourth-order valence-electron chi connectivity index (χ4n) is 3.13. The van der Waals surface area contributed by atoms with Gasteiger partial charge in [-0.1, -0.05) is 75.0 Å². The molecule has 1 atom stereocenters. The molecule has 7 heteroatoms. The van der Waals surface area contributed by atoms with Crippen LogP contribution < -0.4 is 21.8 Å². The van der Waals surface area contributed by atoms with Crippen LogP contribution in [0.25, 0.3) is 0 Å². The molecule has 0 bridgehead atoms. The summed E-state index contributed by atoms with van der Waals surface area (Å²) in [6, 6.07) is 17.0. The van der Waals surface area contributed by atoms with Crippen LogP contribution in [0.1, 0.15) is 43.9 Å². The van der Waals surface area contributed by atoms with Gasteiger partial charge in [-0.3, -0.25) is 15.0 Å². The lowest BCUT2D eigenvalue weighted by atomic mass is 9.86. The average molecular weight is 436 g/mol. The Balaban J connectivity index is 1.77. The van der Waals surface area contributed by atoms with Gasteiger partial charge in [0.1, 0.15) is 11.9 Å². The van der Waals surface area contributed by atoms with Crippen LogP contribution in [0.15, 0.2) is 72.1 Å². The summed E-state index contributed by atoms with van der Waals surface area (Å²) >= 11 is 0. The lowest BCUT2D eigenvalue weighted by molar-refractivity contribution is -0.128. The molecule has 2 rings (SSSR count). The predicted molar refractivity (Wildman–Crippen MR) is 129 cm³/mol. The Morgan fingerprint density at radius 1 is 1.09 bits per heavy atom. The average Bonchev–Trinajstić information content (AvgIpc) is 2.78. The van der Waals surface area contributed by atoms with E-state index in [1.807, 2.05) is 68.4 Å². The first-order valence-corrected chi connectivity index (χ1v) is 10.6. The third kappa shape index (κ3) is 7.67. The van der Waals surface area contributed by atoms with Crippen LogP contribution in [0.4, 0.5) is 0 Å². The normalized spacial score (nSPS) is 12.2. The van der Waals surface area contributed by atoms with E-state index in [4.69, 9.17) is 5.73 Å². The van der Waals surface area contributed by atoms with E-state index in [-0.39, 0.29) is 29.5 Å². The molecule has 0 fully saturated rings. The molecule has 5 N–H and O–H groups in total. The minimum atomic E-state index is -0.712. The van der Waals surface area contributed by atoms with E-state index in [0.717, 1.165) is 16.7 Å². The quantitative estimate of drug-likeness (QED) is 0.321. The van der Waals surface area contributed by atoms with Gasteiger partial charge in [0.05, 0.1) is 0 Å². The Morgan fingerprint density at radius 3 is 2.38 bits per heavy atom. The van der Waals surface area contributed by atoms with E-state index in [1.54, 1.807) is 13.1 Å². The van der Waals surface area contributed by atoms with Gasteiger partial charge in [-0.25, -0.2) is 0 Å². The van der Waals surface area contributed by atoms with Crippen molar-refractivity contribution >= 4 is 18.0 Å². The molecule has 0 aliphatic carbocycles. The summed E-state index contributed by atoms with van der Waals surface area (Å²) in [6.45, 7) is 9.89. The third-order valence-electron chi connectivity index (χ3n) is 5.11. The fourth-order valence-corrected chi connectivity index (χ4v) is 3.13. The maximum absolute atomic E-state index is 12.4. The monoisotopic (exact) mass is 435 g/mol. The largest absolute Gasteiger partial charge is 0.345 e. The van der Waals surface area contributed by atoms with Crippen molar-refractivity contribution in [1.82, 2.24) is 16.1 Å². The van der Waals surface area contributed by atoms with Gasteiger partial charge in [0.2, 0.25) is 11.8 Å². The molecule has 0 unspecified atom stereocenters. The molecule has 0 aliphatic heterocycles. The van der Waals surface area contributed by atoms with Crippen LogP contribution in [0.2, 0.25) is 0 Å². The van der Waals surface area contributed by atoms with Gasteiger partial charge in [-0.15, -0.1) is 0 Å². The molecule has 0 aromatic heterocycles. The van der Waals surface area contributed by atoms with Crippen molar-refractivity contribution in [2.45, 2.75) is 51.6 Å². The number of rotatable bonds is 11. The van der Waals surface area contributed by atoms with Gasteiger partial charge >= 0.3 is 0 Å². The number of benzene rings is 2. The number of amides is 2. The molecule has 7 nitrogen and oxygen atoms in total. The third-order valence-corrected chi connectivity index (χ3v) is 5.11. The second kappa shape index (κ2) is 11.8. The number of hydrazone groups is 1. The van der Waals surface area contributed by atoms with Gasteiger partial charge in [0, 0.05) is 24.6 Å². The smallest absolute Gasteiger partial charge is 0.247 e. The molecule has 2 aromatic carbocycles. The van der Waals surface area contributed by atoms with Gasteiger partial charge in [0.15, 0.2) is 0 Å². The van der Waals surface area contributed by atoms with Crippen LogP contribution in [-0.2, 0) is 28.0 Å². The molecular formula is C25H33N5O2. The molecule has 0 saturated carbocycles. The molecule has 0 heterocycles. The summed E-state index contributed by atoms with van der Waals surface area (Å²) in [7, 11) is 0. The number of nitrogens with two attached hydrogens (primary N) is 1. The van der Waals surface area contributed by atoms with E-state index >= 15 is 0 Å². The summed E-state index contributed by atoms with van der Waals surface area (Å²) in [6.07, 6.45) is 2.59. The zero-order chi connectivity index (χ0) is 23.6. The molecule has 2 aromatic rings. The van der Waals surface area contributed by atoms with Gasteiger partial charge in [0.25, 0.3) is 0 Å². The van der Waals surface area contributed by atoms with Crippen LogP contribution in [0.5, 0.6) is 0 Å². The Morgan fingerprint density at radius 2 is 1.72 bits per heavy atom. The Labute approximate surface area is 190 Å². The molecular weight excluding hydrogens is 402 g/mol. The maximum atomic E-state index is 12.4. The van der Waals surface area contributed by atoms with Gasteiger partial charge < -0.3 is 16.4 Å². The van der Waals surface area contributed by atoms with E-state index in [9.17, 15) is 9.59 Å². The van der Waals surface area contributed by atoms with E-state index in [0.29, 0.717) is 13.0 Å². The first kappa shape index (κ1) is 24.8. The summed E-state index contributed by atoms with van der Waals surface area (Å²) in [5.41, 5.74) is 11.3. The standard InChI is InChI=1S/C25H33N5O2/c1-18(28-23(31)15-14-20-10-8-9-11-21(20)16-26)24(32)29-19(2)30-27-17-25(3,4)22-12-6-5-7-13-22/h5-13,17-18,30H,2,14-16,26H2,1,3-4H3,(H,28,31)(H,29,32)/b27-17+/t18-/m0/s1. The number of nitrogens with zero attached hydrogens (tertiary/aromatic N) is 1. The number of hydrogen-bond donors (Lipinski definition) is 4. The highest BCUT2D eigenvalue weighted by Crippen LogP contribution is 2.20. The van der Waals surface area contributed by atoms with Crippen molar-refractivity contribution in [3.63, 3.8) is 0 Å². The highest BCUT2D eigenvalue weighted by Gasteiger charge is 2.18.